The molecule has 0 fully saturated rings. The first-order chi connectivity index (χ1) is 12.2. The topological polar surface area (TPSA) is 4.44 Å². The van der Waals surface area contributed by atoms with Gasteiger partial charge >= 0.3 is 0 Å². The molecule has 0 radical (unpaired) electrons. The molecule has 0 aromatic heterocycles. The Bertz CT molecular complexity index is 576. The van der Waals surface area contributed by atoms with E-state index < -0.39 is 0 Å². The number of hydrogen-bond donors (Lipinski definition) is 1. The third-order valence-electron chi connectivity index (χ3n) is 5.29. The normalized spacial score (nSPS) is 10.8. The van der Waals surface area contributed by atoms with Crippen molar-refractivity contribution in [2.45, 2.75) is 72.4 Å². The zero-order valence-corrected chi connectivity index (χ0v) is 17.6. The predicted octanol–water partition coefficient (Wildman–Crippen LogP) is 2.25. The molecule has 0 aliphatic rings. The molecule has 144 valence electrons. The molecule has 2 aromatic rings. The van der Waals surface area contributed by atoms with E-state index in [9.17, 15) is 0 Å². The van der Waals surface area contributed by atoms with Crippen molar-refractivity contribution in [2.24, 2.45) is 0 Å². The lowest BCUT2D eigenvalue weighted by molar-refractivity contribution is -0.927. The molecule has 2 heteroatoms. The number of unbranched alkanes of at least 4 members (excludes halogenated alkanes) is 5. The van der Waals surface area contributed by atoms with E-state index in [0.29, 0.717) is 0 Å². The van der Waals surface area contributed by atoms with Crippen LogP contribution in [0.4, 0.5) is 0 Å². The van der Waals surface area contributed by atoms with Crippen LogP contribution in [0, 0.1) is 13.8 Å². The number of quaternary nitrogens is 1. The number of nitrogens with one attached hydrogen (secondary N) is 1. The third-order valence-corrected chi connectivity index (χ3v) is 5.29. The van der Waals surface area contributed by atoms with Gasteiger partial charge in [0, 0.05) is 11.1 Å². The van der Waals surface area contributed by atoms with E-state index in [1.54, 1.807) is 4.90 Å². The molecule has 0 bridgehead atoms. The summed E-state index contributed by atoms with van der Waals surface area (Å²) in [4.78, 5) is 1.69. The number of hydrogen-bond acceptors (Lipinski definition) is 0. The van der Waals surface area contributed by atoms with Gasteiger partial charge in [-0.05, 0) is 37.8 Å². The maximum Gasteiger partial charge on any atom is 0.103 e. The van der Waals surface area contributed by atoms with Crippen LogP contribution in [0.15, 0.2) is 48.5 Å². The van der Waals surface area contributed by atoms with Crippen molar-refractivity contribution in [1.82, 2.24) is 0 Å². The first-order valence-electron chi connectivity index (χ1n) is 10.1. The van der Waals surface area contributed by atoms with E-state index in [4.69, 9.17) is 0 Å². The summed E-state index contributed by atoms with van der Waals surface area (Å²) in [7, 11) is 0. The van der Waals surface area contributed by atoms with E-state index >= 15 is 0 Å². The van der Waals surface area contributed by atoms with Crippen molar-refractivity contribution in [1.29, 1.82) is 0 Å². The Morgan fingerprint density at radius 2 is 1.12 bits per heavy atom. The minimum absolute atomic E-state index is 0. The largest absolute Gasteiger partial charge is 1.00 e. The van der Waals surface area contributed by atoms with Crippen LogP contribution in [0.25, 0.3) is 0 Å². The fourth-order valence-corrected chi connectivity index (χ4v) is 3.55. The molecule has 0 heterocycles. The van der Waals surface area contributed by atoms with Gasteiger partial charge in [-0.15, -0.1) is 0 Å². The highest BCUT2D eigenvalue weighted by Gasteiger charge is 2.13. The number of aryl methyl sites for hydroxylation is 2. The second-order valence-corrected chi connectivity index (χ2v) is 7.47. The summed E-state index contributed by atoms with van der Waals surface area (Å²) >= 11 is 0. The monoisotopic (exact) mass is 373 g/mol. The van der Waals surface area contributed by atoms with Crippen LogP contribution in [-0.2, 0) is 13.1 Å². The van der Waals surface area contributed by atoms with Crippen LogP contribution in [0.5, 0.6) is 0 Å². The van der Waals surface area contributed by atoms with Crippen LogP contribution in [-0.4, -0.2) is 6.54 Å². The van der Waals surface area contributed by atoms with Gasteiger partial charge in [-0.3, -0.25) is 0 Å². The van der Waals surface area contributed by atoms with Gasteiger partial charge in [-0.2, -0.15) is 0 Å². The van der Waals surface area contributed by atoms with Crippen LogP contribution in [0.1, 0.15) is 67.7 Å². The van der Waals surface area contributed by atoms with Crippen LogP contribution in [0.3, 0.4) is 0 Å². The maximum atomic E-state index is 2.30. The Morgan fingerprint density at radius 3 is 1.62 bits per heavy atom. The molecule has 26 heavy (non-hydrogen) atoms. The number of rotatable bonds is 11. The molecule has 0 aliphatic carbocycles. The Labute approximate surface area is 167 Å². The second-order valence-electron chi connectivity index (χ2n) is 7.47. The van der Waals surface area contributed by atoms with Gasteiger partial charge in [0.25, 0.3) is 0 Å². The number of halogens is 1. The lowest BCUT2D eigenvalue weighted by Crippen LogP contribution is -3.09. The molecule has 0 atom stereocenters. The smallest absolute Gasteiger partial charge is 0.103 e. The highest BCUT2D eigenvalue weighted by atomic mass is 35.5. The van der Waals surface area contributed by atoms with E-state index in [2.05, 4.69) is 69.3 Å². The molecule has 0 saturated carbocycles. The summed E-state index contributed by atoms with van der Waals surface area (Å²) in [5, 5.41) is 0. The maximum absolute atomic E-state index is 2.30. The van der Waals surface area contributed by atoms with E-state index in [-0.39, 0.29) is 12.4 Å². The van der Waals surface area contributed by atoms with Gasteiger partial charge in [-0.1, -0.05) is 81.1 Å². The molecular weight excluding hydrogens is 338 g/mol. The first kappa shape index (κ1) is 22.7. The second kappa shape index (κ2) is 12.9. The van der Waals surface area contributed by atoms with Crippen LogP contribution >= 0.6 is 0 Å². The van der Waals surface area contributed by atoms with Crippen LogP contribution < -0.4 is 17.3 Å². The lowest BCUT2D eigenvalue weighted by atomic mass is 10.1. The Hall–Kier alpha value is -1.31. The predicted molar refractivity (Wildman–Crippen MR) is 109 cm³/mol. The minimum atomic E-state index is 0. The van der Waals surface area contributed by atoms with Crippen molar-refractivity contribution < 1.29 is 17.3 Å². The molecule has 0 saturated heterocycles. The molecule has 0 aliphatic heterocycles. The SMILES string of the molecule is CCCCCCCC[NH+](Cc1ccccc1C)Cc1ccccc1C.[Cl-]. The average Bonchev–Trinajstić information content (AvgIpc) is 2.61. The lowest BCUT2D eigenvalue weighted by Gasteiger charge is -2.21. The number of benzene rings is 2. The van der Waals surface area contributed by atoms with Gasteiger partial charge in [0.15, 0.2) is 0 Å². The summed E-state index contributed by atoms with van der Waals surface area (Å²) in [5.41, 5.74) is 5.84. The van der Waals surface area contributed by atoms with Crippen LogP contribution in [0.2, 0.25) is 0 Å². The highest BCUT2D eigenvalue weighted by molar-refractivity contribution is 5.26. The standard InChI is InChI=1S/C24H35N.ClH/c1-4-5-6-7-8-13-18-25(19-23-16-11-9-14-21(23)2)20-24-17-12-10-15-22(24)3;/h9-12,14-17H,4-8,13,18-20H2,1-3H3;1H. The van der Waals surface area contributed by atoms with Gasteiger partial charge in [0.1, 0.15) is 13.1 Å². The summed E-state index contributed by atoms with van der Waals surface area (Å²) in [6.07, 6.45) is 8.25. The quantitative estimate of drug-likeness (QED) is 0.576. The van der Waals surface area contributed by atoms with Gasteiger partial charge in [0.05, 0.1) is 6.54 Å². The third kappa shape index (κ3) is 7.93. The molecule has 0 amide bonds. The fraction of sp³-hybridized carbons (Fsp3) is 0.500. The Kier molecular flexibility index (Phi) is 11.3. The minimum Gasteiger partial charge on any atom is -1.00 e. The van der Waals surface area contributed by atoms with E-state index in [1.165, 1.54) is 67.3 Å². The summed E-state index contributed by atoms with van der Waals surface area (Å²) in [6.45, 7) is 10.3. The summed E-state index contributed by atoms with van der Waals surface area (Å²) < 4.78 is 0. The molecule has 0 unspecified atom stereocenters. The zero-order chi connectivity index (χ0) is 17.9. The van der Waals surface area contributed by atoms with Crippen molar-refractivity contribution in [3.05, 3.63) is 70.8 Å². The average molecular weight is 374 g/mol. The molecule has 2 rings (SSSR count). The summed E-state index contributed by atoms with van der Waals surface area (Å²) in [6, 6.07) is 17.7. The molecular formula is C24H36ClN. The molecule has 1 N–H and O–H groups in total. The fourth-order valence-electron chi connectivity index (χ4n) is 3.55. The van der Waals surface area contributed by atoms with Crippen molar-refractivity contribution >= 4 is 0 Å². The van der Waals surface area contributed by atoms with Crippen molar-refractivity contribution in [3.63, 3.8) is 0 Å². The van der Waals surface area contributed by atoms with E-state index in [0.717, 1.165) is 13.1 Å². The van der Waals surface area contributed by atoms with E-state index in [1.807, 2.05) is 0 Å². The zero-order valence-electron chi connectivity index (χ0n) is 16.9. The Morgan fingerprint density at radius 1 is 0.654 bits per heavy atom. The van der Waals surface area contributed by atoms with Crippen molar-refractivity contribution in [3.8, 4) is 0 Å². The Balaban J connectivity index is 0.00000338. The first-order valence-corrected chi connectivity index (χ1v) is 10.1. The van der Waals surface area contributed by atoms with Crippen molar-refractivity contribution in [2.75, 3.05) is 6.54 Å². The molecule has 1 nitrogen and oxygen atoms in total. The van der Waals surface area contributed by atoms with Gasteiger partial charge in [-0.25, -0.2) is 0 Å². The molecule has 0 spiro atoms. The highest BCUT2D eigenvalue weighted by Crippen LogP contribution is 2.08. The molecule has 2 aromatic carbocycles. The van der Waals surface area contributed by atoms with Gasteiger partial charge < -0.3 is 17.3 Å². The summed E-state index contributed by atoms with van der Waals surface area (Å²) in [5.74, 6) is 0. The van der Waals surface area contributed by atoms with Gasteiger partial charge in [0.2, 0.25) is 0 Å².